The van der Waals surface area contributed by atoms with E-state index in [9.17, 15) is 4.79 Å². The molecular formula is C13H14ClNO. The highest BCUT2D eigenvalue weighted by molar-refractivity contribution is 6.31. The fourth-order valence-electron chi connectivity index (χ4n) is 3.13. The predicted octanol–water partition coefficient (Wildman–Crippen LogP) is 2.43. The number of hydrogen-bond acceptors (Lipinski definition) is 1. The number of nitrogens with one attached hydrogen (secondary N) is 1. The second-order valence-electron chi connectivity index (χ2n) is 4.71. The molecule has 2 aliphatic rings. The molecule has 1 aromatic carbocycles. The molecule has 0 aromatic heterocycles. The summed E-state index contributed by atoms with van der Waals surface area (Å²) in [5.41, 5.74) is 2.08. The number of rotatable bonds is 0. The topological polar surface area (TPSA) is 29.1 Å². The Morgan fingerprint density at radius 2 is 2.19 bits per heavy atom. The van der Waals surface area contributed by atoms with Gasteiger partial charge in [0.25, 0.3) is 0 Å². The van der Waals surface area contributed by atoms with E-state index in [1.54, 1.807) is 0 Å². The smallest absolute Gasteiger partial charge is 0.230 e. The standard InChI is InChI=1S/C13H14ClNO/c14-11-5-1-4-10-9(11)3-2-6-13(10)7-8-15-12(13)16/h1,4-5H,2-3,6-8H2,(H,15,16). The average molecular weight is 236 g/mol. The summed E-state index contributed by atoms with van der Waals surface area (Å²) in [4.78, 5) is 12.1. The molecule has 1 unspecified atom stereocenters. The number of halogens is 1. The lowest BCUT2D eigenvalue weighted by atomic mass is 9.69. The van der Waals surface area contributed by atoms with Crippen LogP contribution in [0.25, 0.3) is 0 Å². The quantitative estimate of drug-likeness (QED) is 0.735. The molecule has 2 nitrogen and oxygen atoms in total. The first-order chi connectivity index (χ1) is 7.74. The van der Waals surface area contributed by atoms with E-state index in [2.05, 4.69) is 11.4 Å². The molecule has 1 aliphatic carbocycles. The molecule has 0 bridgehead atoms. The molecule has 1 aromatic rings. The zero-order valence-corrected chi connectivity index (χ0v) is 9.81. The third kappa shape index (κ3) is 1.23. The van der Waals surface area contributed by atoms with Crippen LogP contribution >= 0.6 is 11.6 Å². The van der Waals surface area contributed by atoms with Crippen LogP contribution in [0.4, 0.5) is 0 Å². The Hall–Kier alpha value is -1.02. The average Bonchev–Trinajstić information content (AvgIpc) is 2.63. The molecule has 3 heteroatoms. The number of fused-ring (bicyclic) bond motifs is 2. The molecule has 1 atom stereocenters. The first kappa shape index (κ1) is 10.2. The van der Waals surface area contributed by atoms with Crippen molar-refractivity contribution in [3.8, 4) is 0 Å². The van der Waals surface area contributed by atoms with Gasteiger partial charge < -0.3 is 5.32 Å². The van der Waals surface area contributed by atoms with Crippen molar-refractivity contribution < 1.29 is 4.79 Å². The Kier molecular flexibility index (Phi) is 2.21. The fourth-order valence-corrected chi connectivity index (χ4v) is 3.40. The Balaban J connectivity index is 2.20. The predicted molar refractivity (Wildman–Crippen MR) is 63.7 cm³/mol. The molecule has 1 heterocycles. The monoisotopic (exact) mass is 235 g/mol. The summed E-state index contributed by atoms with van der Waals surface area (Å²) >= 11 is 6.22. The number of carbonyl (C=O) groups excluding carboxylic acids is 1. The Labute approximate surface area is 100.0 Å². The number of benzene rings is 1. The maximum absolute atomic E-state index is 12.1. The van der Waals surface area contributed by atoms with Gasteiger partial charge >= 0.3 is 0 Å². The molecule has 1 spiro atoms. The summed E-state index contributed by atoms with van der Waals surface area (Å²) in [6, 6.07) is 5.96. The maximum atomic E-state index is 12.1. The van der Waals surface area contributed by atoms with E-state index in [1.807, 2.05) is 12.1 Å². The second kappa shape index (κ2) is 3.49. The van der Waals surface area contributed by atoms with E-state index in [1.165, 1.54) is 11.1 Å². The highest BCUT2D eigenvalue weighted by Crippen LogP contribution is 2.44. The van der Waals surface area contributed by atoms with Crippen molar-refractivity contribution in [2.45, 2.75) is 31.1 Å². The van der Waals surface area contributed by atoms with E-state index in [0.29, 0.717) is 0 Å². The van der Waals surface area contributed by atoms with E-state index in [4.69, 9.17) is 11.6 Å². The molecule has 1 fully saturated rings. The van der Waals surface area contributed by atoms with Crippen molar-refractivity contribution in [2.75, 3.05) is 6.54 Å². The fraction of sp³-hybridized carbons (Fsp3) is 0.462. The lowest BCUT2D eigenvalue weighted by molar-refractivity contribution is -0.124. The Bertz CT molecular complexity index is 457. The van der Waals surface area contributed by atoms with Gasteiger partial charge in [0, 0.05) is 11.6 Å². The van der Waals surface area contributed by atoms with Crippen LogP contribution in [0.1, 0.15) is 30.4 Å². The van der Waals surface area contributed by atoms with Gasteiger partial charge in [-0.2, -0.15) is 0 Å². The lowest BCUT2D eigenvalue weighted by Gasteiger charge is -2.33. The molecule has 1 N–H and O–H groups in total. The Morgan fingerprint density at radius 3 is 2.94 bits per heavy atom. The highest BCUT2D eigenvalue weighted by Gasteiger charge is 2.46. The van der Waals surface area contributed by atoms with Crippen molar-refractivity contribution in [3.05, 3.63) is 34.3 Å². The van der Waals surface area contributed by atoms with Gasteiger partial charge in [0.2, 0.25) is 5.91 Å². The van der Waals surface area contributed by atoms with Crippen molar-refractivity contribution in [3.63, 3.8) is 0 Å². The molecule has 1 saturated heterocycles. The van der Waals surface area contributed by atoms with E-state index < -0.39 is 0 Å². The van der Waals surface area contributed by atoms with E-state index in [0.717, 1.165) is 37.3 Å². The molecule has 1 aliphatic heterocycles. The normalized spacial score (nSPS) is 27.9. The van der Waals surface area contributed by atoms with Crippen LogP contribution in [0, 0.1) is 0 Å². The van der Waals surface area contributed by atoms with Gasteiger partial charge in [-0.1, -0.05) is 23.7 Å². The van der Waals surface area contributed by atoms with Crippen molar-refractivity contribution in [1.29, 1.82) is 0 Å². The van der Waals surface area contributed by atoms with Gasteiger partial charge in [0.05, 0.1) is 5.41 Å². The summed E-state index contributed by atoms with van der Waals surface area (Å²) in [7, 11) is 0. The minimum Gasteiger partial charge on any atom is -0.355 e. The van der Waals surface area contributed by atoms with Gasteiger partial charge in [-0.05, 0) is 42.9 Å². The third-order valence-corrected chi connectivity index (χ3v) is 4.29. The van der Waals surface area contributed by atoms with Crippen LogP contribution < -0.4 is 5.32 Å². The van der Waals surface area contributed by atoms with Crippen LogP contribution in [0.3, 0.4) is 0 Å². The summed E-state index contributed by atoms with van der Waals surface area (Å²) < 4.78 is 0. The number of amides is 1. The van der Waals surface area contributed by atoms with Crippen LogP contribution in [0.15, 0.2) is 18.2 Å². The number of carbonyl (C=O) groups is 1. The zero-order valence-electron chi connectivity index (χ0n) is 9.05. The molecule has 1 amide bonds. The van der Waals surface area contributed by atoms with Gasteiger partial charge in [-0.25, -0.2) is 0 Å². The van der Waals surface area contributed by atoms with Crippen molar-refractivity contribution in [1.82, 2.24) is 5.32 Å². The summed E-state index contributed by atoms with van der Waals surface area (Å²) in [6.07, 6.45) is 3.94. The minimum atomic E-state index is -0.279. The summed E-state index contributed by atoms with van der Waals surface area (Å²) in [6.45, 7) is 0.796. The summed E-state index contributed by atoms with van der Waals surface area (Å²) in [5.74, 6) is 0.190. The first-order valence-electron chi connectivity index (χ1n) is 5.80. The molecule has 3 rings (SSSR count). The minimum absolute atomic E-state index is 0.190. The Morgan fingerprint density at radius 1 is 1.31 bits per heavy atom. The zero-order chi connectivity index (χ0) is 11.2. The van der Waals surface area contributed by atoms with E-state index in [-0.39, 0.29) is 11.3 Å². The molecule has 84 valence electrons. The second-order valence-corrected chi connectivity index (χ2v) is 5.11. The maximum Gasteiger partial charge on any atom is 0.230 e. The number of hydrogen-bond donors (Lipinski definition) is 1. The van der Waals surface area contributed by atoms with Crippen LogP contribution in [0.2, 0.25) is 5.02 Å². The molecular weight excluding hydrogens is 222 g/mol. The SMILES string of the molecule is O=C1NCCC12CCCc1c(Cl)cccc12. The van der Waals surface area contributed by atoms with Gasteiger partial charge in [-0.3, -0.25) is 4.79 Å². The first-order valence-corrected chi connectivity index (χ1v) is 6.18. The van der Waals surface area contributed by atoms with Gasteiger partial charge in [0.1, 0.15) is 0 Å². The van der Waals surface area contributed by atoms with Crippen LogP contribution in [-0.4, -0.2) is 12.5 Å². The molecule has 0 saturated carbocycles. The van der Waals surface area contributed by atoms with Gasteiger partial charge in [-0.15, -0.1) is 0 Å². The van der Waals surface area contributed by atoms with Crippen molar-refractivity contribution >= 4 is 17.5 Å². The molecule has 0 radical (unpaired) electrons. The lowest BCUT2D eigenvalue weighted by Crippen LogP contribution is -2.38. The van der Waals surface area contributed by atoms with Crippen LogP contribution in [-0.2, 0) is 16.6 Å². The molecule has 16 heavy (non-hydrogen) atoms. The third-order valence-electron chi connectivity index (χ3n) is 3.94. The van der Waals surface area contributed by atoms with Crippen LogP contribution in [0.5, 0.6) is 0 Å². The largest absolute Gasteiger partial charge is 0.355 e. The summed E-state index contributed by atoms with van der Waals surface area (Å²) in [5, 5.41) is 3.77. The highest BCUT2D eigenvalue weighted by atomic mass is 35.5. The van der Waals surface area contributed by atoms with Crippen molar-refractivity contribution in [2.24, 2.45) is 0 Å². The van der Waals surface area contributed by atoms with Gasteiger partial charge in [0.15, 0.2) is 0 Å². The van der Waals surface area contributed by atoms with E-state index >= 15 is 0 Å².